The Kier molecular flexibility index (Phi) is 5.26. The van der Waals surface area contributed by atoms with Crippen LogP contribution in [0.25, 0.3) is 16.6 Å². The molecule has 1 fully saturated rings. The fourth-order valence-corrected chi connectivity index (χ4v) is 3.80. The summed E-state index contributed by atoms with van der Waals surface area (Å²) < 4.78 is 21.5. The van der Waals surface area contributed by atoms with E-state index in [0.29, 0.717) is 35.8 Å². The molecule has 0 bridgehead atoms. The van der Waals surface area contributed by atoms with E-state index in [0.717, 1.165) is 25.0 Å². The normalized spacial score (nSPS) is 13.8. The Bertz CT molecular complexity index is 1320. The maximum absolute atomic E-state index is 14.7. The summed E-state index contributed by atoms with van der Waals surface area (Å²) in [5.74, 6) is 1.22. The molecule has 0 atom stereocenters. The summed E-state index contributed by atoms with van der Waals surface area (Å²) in [7, 11) is 0. The van der Waals surface area contributed by atoms with E-state index in [1.807, 2.05) is 12.1 Å². The largest absolute Gasteiger partial charge is 0.378 e. The lowest BCUT2D eigenvalue weighted by molar-refractivity contribution is 0.122. The highest BCUT2D eigenvalue weighted by atomic mass is 35.5. The Labute approximate surface area is 187 Å². The average Bonchev–Trinajstić information content (AvgIpc) is 3.22. The molecule has 0 unspecified atom stereocenters. The summed E-state index contributed by atoms with van der Waals surface area (Å²) in [6.45, 7) is 2.83. The zero-order valence-electron chi connectivity index (χ0n) is 16.7. The first kappa shape index (κ1) is 20.1. The van der Waals surface area contributed by atoms with Crippen molar-refractivity contribution in [2.45, 2.75) is 0 Å². The maximum atomic E-state index is 14.7. The van der Waals surface area contributed by atoms with Gasteiger partial charge in [0.2, 0.25) is 0 Å². The Morgan fingerprint density at radius 3 is 2.66 bits per heavy atom. The third kappa shape index (κ3) is 3.79. The Hall–Kier alpha value is -3.81. The van der Waals surface area contributed by atoms with E-state index in [4.69, 9.17) is 21.6 Å². The molecule has 1 aliphatic heterocycles. The highest BCUT2D eigenvalue weighted by Gasteiger charge is 2.17. The van der Waals surface area contributed by atoms with Crippen molar-refractivity contribution >= 4 is 40.0 Å². The topological polar surface area (TPSA) is 105 Å². The van der Waals surface area contributed by atoms with Gasteiger partial charge in [-0.3, -0.25) is 0 Å². The van der Waals surface area contributed by atoms with E-state index in [9.17, 15) is 4.39 Å². The van der Waals surface area contributed by atoms with Crippen LogP contribution in [0.5, 0.6) is 0 Å². The fraction of sp³-hybridized carbons (Fsp3) is 0.190. The average molecular weight is 451 g/mol. The molecular weight excluding hydrogens is 435 g/mol. The van der Waals surface area contributed by atoms with Crippen molar-refractivity contribution < 1.29 is 9.13 Å². The zero-order chi connectivity index (χ0) is 22.1. The van der Waals surface area contributed by atoms with Gasteiger partial charge in [-0.2, -0.15) is 10.4 Å². The third-order valence-corrected chi connectivity index (χ3v) is 5.34. The van der Waals surface area contributed by atoms with Crippen molar-refractivity contribution in [1.82, 2.24) is 24.7 Å². The summed E-state index contributed by atoms with van der Waals surface area (Å²) in [5.41, 5.74) is 0.793. The molecule has 11 heteroatoms. The lowest BCUT2D eigenvalue weighted by atomic mass is 10.2. The summed E-state index contributed by atoms with van der Waals surface area (Å²) >= 11 is 6.25. The second kappa shape index (κ2) is 8.37. The molecule has 4 aromatic rings. The first-order chi connectivity index (χ1) is 15.6. The summed E-state index contributed by atoms with van der Waals surface area (Å²) in [6, 6.07) is 7.99. The molecule has 160 valence electrons. The van der Waals surface area contributed by atoms with Gasteiger partial charge in [-0.25, -0.2) is 24.0 Å². The lowest BCUT2D eigenvalue weighted by Gasteiger charge is -2.27. The van der Waals surface area contributed by atoms with Gasteiger partial charge >= 0.3 is 0 Å². The Balaban J connectivity index is 1.48. The van der Waals surface area contributed by atoms with Crippen LogP contribution < -0.4 is 10.2 Å². The molecule has 0 spiro atoms. The van der Waals surface area contributed by atoms with Gasteiger partial charge < -0.3 is 15.0 Å². The molecule has 0 aliphatic carbocycles. The fourth-order valence-electron chi connectivity index (χ4n) is 3.51. The van der Waals surface area contributed by atoms with Crippen molar-refractivity contribution in [3.05, 3.63) is 59.4 Å². The molecule has 4 heterocycles. The molecule has 0 amide bonds. The van der Waals surface area contributed by atoms with E-state index in [2.05, 4.69) is 30.3 Å². The molecule has 32 heavy (non-hydrogen) atoms. The van der Waals surface area contributed by atoms with Crippen molar-refractivity contribution in [3.8, 4) is 11.8 Å². The van der Waals surface area contributed by atoms with Crippen LogP contribution in [0.3, 0.4) is 0 Å². The monoisotopic (exact) mass is 450 g/mol. The number of ether oxygens (including phenoxy) is 1. The van der Waals surface area contributed by atoms with Crippen molar-refractivity contribution in [2.24, 2.45) is 0 Å². The van der Waals surface area contributed by atoms with Crippen LogP contribution in [0, 0.1) is 17.1 Å². The van der Waals surface area contributed by atoms with Crippen LogP contribution in [-0.4, -0.2) is 51.0 Å². The molecule has 9 nitrogen and oxygen atoms in total. The van der Waals surface area contributed by atoms with Crippen LogP contribution in [0.4, 0.5) is 21.8 Å². The molecule has 0 radical (unpaired) electrons. The molecule has 1 aliphatic rings. The molecule has 5 rings (SSSR count). The predicted molar refractivity (Wildman–Crippen MR) is 117 cm³/mol. The van der Waals surface area contributed by atoms with Crippen molar-refractivity contribution in [1.29, 1.82) is 5.26 Å². The van der Waals surface area contributed by atoms with E-state index in [-0.39, 0.29) is 16.3 Å². The minimum atomic E-state index is -0.642. The van der Waals surface area contributed by atoms with Crippen LogP contribution in [0.2, 0.25) is 5.02 Å². The smallest absolute Gasteiger partial charge is 0.151 e. The van der Waals surface area contributed by atoms with Crippen LogP contribution >= 0.6 is 11.6 Å². The summed E-state index contributed by atoms with van der Waals surface area (Å²) in [4.78, 5) is 15.1. The number of nitrogens with one attached hydrogen (secondary N) is 1. The van der Waals surface area contributed by atoms with E-state index in [1.165, 1.54) is 17.1 Å². The molecular formula is C21H16ClFN8O. The first-order valence-corrected chi connectivity index (χ1v) is 10.2. The van der Waals surface area contributed by atoms with E-state index < -0.39 is 5.82 Å². The van der Waals surface area contributed by atoms with Gasteiger partial charge in [0.15, 0.2) is 5.82 Å². The lowest BCUT2D eigenvalue weighted by Crippen LogP contribution is -2.36. The minimum absolute atomic E-state index is 0.0643. The molecule has 1 aromatic carbocycles. The zero-order valence-corrected chi connectivity index (χ0v) is 17.4. The van der Waals surface area contributed by atoms with E-state index in [1.54, 1.807) is 18.5 Å². The number of nitrogens with zero attached hydrogens (tertiary/aromatic N) is 7. The van der Waals surface area contributed by atoms with Crippen molar-refractivity contribution in [2.75, 3.05) is 36.5 Å². The van der Waals surface area contributed by atoms with Gasteiger partial charge in [0.25, 0.3) is 0 Å². The number of anilines is 3. The number of benzene rings is 1. The number of morpholine rings is 1. The highest BCUT2D eigenvalue weighted by Crippen LogP contribution is 2.29. The minimum Gasteiger partial charge on any atom is -0.378 e. The maximum Gasteiger partial charge on any atom is 0.151 e. The summed E-state index contributed by atoms with van der Waals surface area (Å²) in [6.07, 6.45) is 4.68. The highest BCUT2D eigenvalue weighted by molar-refractivity contribution is 6.32. The molecule has 1 N–H and O–H groups in total. The number of hydrogen-bond donors (Lipinski definition) is 1. The standard InChI is InChI=1S/C21H16ClFN8O/c22-15-5-13(9-24)6-16(23)21(15)31-17-7-18(25-10-14(17)11-28-31)29-19-8-20(27-12-26-19)30-1-3-32-4-2-30/h5-8,10-12H,1-4H2,(H,25,26,27,29). The van der Waals surface area contributed by atoms with Crippen LogP contribution in [-0.2, 0) is 4.74 Å². The SMILES string of the molecule is N#Cc1cc(F)c(-n2ncc3cnc(Nc4cc(N5CCOCC5)ncn4)cc32)c(Cl)c1. The van der Waals surface area contributed by atoms with Gasteiger partial charge in [-0.1, -0.05) is 11.6 Å². The quantitative estimate of drug-likeness (QED) is 0.504. The second-order valence-corrected chi connectivity index (χ2v) is 7.48. The number of fused-ring (bicyclic) bond motifs is 1. The molecule has 1 saturated heterocycles. The Morgan fingerprint density at radius 1 is 1.06 bits per heavy atom. The third-order valence-electron chi connectivity index (χ3n) is 5.05. The summed E-state index contributed by atoms with van der Waals surface area (Å²) in [5, 5.41) is 17.2. The van der Waals surface area contributed by atoms with Gasteiger partial charge in [0, 0.05) is 36.8 Å². The Morgan fingerprint density at radius 2 is 1.88 bits per heavy atom. The predicted octanol–water partition coefficient (Wildman–Crippen LogP) is 3.45. The number of pyridine rings is 1. The number of rotatable bonds is 4. The second-order valence-electron chi connectivity index (χ2n) is 7.07. The number of aromatic nitrogens is 5. The van der Waals surface area contributed by atoms with Crippen molar-refractivity contribution in [3.63, 3.8) is 0 Å². The van der Waals surface area contributed by atoms with Gasteiger partial charge in [0.1, 0.15) is 29.5 Å². The number of halogens is 2. The molecule has 0 saturated carbocycles. The van der Waals surface area contributed by atoms with Gasteiger partial charge in [-0.15, -0.1) is 0 Å². The van der Waals surface area contributed by atoms with Gasteiger partial charge in [0.05, 0.1) is 41.6 Å². The van der Waals surface area contributed by atoms with E-state index >= 15 is 0 Å². The van der Waals surface area contributed by atoms with Crippen LogP contribution in [0.1, 0.15) is 5.56 Å². The van der Waals surface area contributed by atoms with Gasteiger partial charge in [-0.05, 0) is 12.1 Å². The van der Waals surface area contributed by atoms with Crippen LogP contribution in [0.15, 0.2) is 43.0 Å². The first-order valence-electron chi connectivity index (χ1n) is 9.77. The number of nitriles is 1. The molecule has 3 aromatic heterocycles. The number of hydrogen-bond acceptors (Lipinski definition) is 8.